The lowest BCUT2D eigenvalue weighted by atomic mass is 10.1. The van der Waals surface area contributed by atoms with Crippen LogP contribution >= 0.6 is 27.5 Å². The Morgan fingerprint density at radius 3 is 2.53 bits per heavy atom. The first-order valence-electron chi connectivity index (χ1n) is 4.27. The van der Waals surface area contributed by atoms with E-state index in [-0.39, 0.29) is 0 Å². The van der Waals surface area contributed by atoms with E-state index in [1.165, 1.54) is 0 Å². The quantitative estimate of drug-likeness (QED) is 0.931. The van der Waals surface area contributed by atoms with Gasteiger partial charge in [0.25, 0.3) is 0 Å². The molecule has 1 N–H and O–H groups in total. The van der Waals surface area contributed by atoms with Crippen LogP contribution in [0.2, 0.25) is 5.02 Å². The molecule has 15 heavy (non-hydrogen) atoms. The van der Waals surface area contributed by atoms with E-state index >= 15 is 0 Å². The highest BCUT2D eigenvalue weighted by Gasteiger charge is 2.22. The van der Waals surface area contributed by atoms with Gasteiger partial charge < -0.3 is 5.11 Å². The normalized spacial score (nSPS) is 12.9. The van der Waals surface area contributed by atoms with Gasteiger partial charge in [-0.1, -0.05) is 17.7 Å². The second-order valence-electron chi connectivity index (χ2n) is 3.38. The van der Waals surface area contributed by atoms with Crippen molar-refractivity contribution in [2.24, 2.45) is 0 Å². The van der Waals surface area contributed by atoms with E-state index < -0.39 is 12.0 Å². The molecule has 1 aromatic rings. The molecule has 1 rings (SSSR count). The fourth-order valence-electron chi connectivity index (χ4n) is 1.34. The van der Waals surface area contributed by atoms with Crippen LogP contribution in [0.1, 0.15) is 11.6 Å². The summed E-state index contributed by atoms with van der Waals surface area (Å²) < 4.78 is 0.760. The molecule has 0 bridgehead atoms. The van der Waals surface area contributed by atoms with Gasteiger partial charge in [-0.05, 0) is 47.7 Å². The van der Waals surface area contributed by atoms with Crippen molar-refractivity contribution in [2.75, 3.05) is 14.1 Å². The van der Waals surface area contributed by atoms with Crippen molar-refractivity contribution in [1.82, 2.24) is 4.90 Å². The van der Waals surface area contributed by atoms with Crippen LogP contribution in [0.4, 0.5) is 0 Å². The van der Waals surface area contributed by atoms with Gasteiger partial charge in [-0.25, -0.2) is 0 Å². The summed E-state index contributed by atoms with van der Waals surface area (Å²) in [5.41, 5.74) is 0.667. The van der Waals surface area contributed by atoms with Crippen molar-refractivity contribution >= 4 is 33.5 Å². The van der Waals surface area contributed by atoms with Crippen LogP contribution in [0.5, 0.6) is 0 Å². The molecule has 0 radical (unpaired) electrons. The summed E-state index contributed by atoms with van der Waals surface area (Å²) in [6, 6.07) is 4.48. The summed E-state index contributed by atoms with van der Waals surface area (Å²) in [4.78, 5) is 12.7. The van der Waals surface area contributed by atoms with Gasteiger partial charge in [-0.3, -0.25) is 9.69 Å². The third-order valence-electron chi connectivity index (χ3n) is 2.01. The van der Waals surface area contributed by atoms with Gasteiger partial charge in [0.15, 0.2) is 0 Å². The maximum absolute atomic E-state index is 11.0. The topological polar surface area (TPSA) is 40.5 Å². The van der Waals surface area contributed by atoms with Gasteiger partial charge in [0.05, 0.1) is 5.02 Å². The van der Waals surface area contributed by atoms with E-state index in [0.29, 0.717) is 10.6 Å². The number of nitrogens with zero attached hydrogens (tertiary/aromatic N) is 1. The van der Waals surface area contributed by atoms with E-state index in [9.17, 15) is 4.79 Å². The van der Waals surface area contributed by atoms with Crippen molar-refractivity contribution in [1.29, 1.82) is 0 Å². The predicted molar refractivity (Wildman–Crippen MR) is 63.2 cm³/mol. The molecule has 0 aliphatic carbocycles. The molecule has 0 amide bonds. The zero-order chi connectivity index (χ0) is 11.6. The van der Waals surface area contributed by atoms with Gasteiger partial charge in [0.2, 0.25) is 0 Å². The van der Waals surface area contributed by atoms with Crippen molar-refractivity contribution in [2.45, 2.75) is 6.04 Å². The summed E-state index contributed by atoms with van der Waals surface area (Å²) in [6.07, 6.45) is 0. The highest BCUT2D eigenvalue weighted by atomic mass is 79.9. The first-order valence-corrected chi connectivity index (χ1v) is 5.44. The number of aliphatic carboxylic acids is 1. The van der Waals surface area contributed by atoms with Crippen LogP contribution in [0.3, 0.4) is 0 Å². The molecular formula is C10H11BrClNO2. The summed E-state index contributed by atoms with van der Waals surface area (Å²) >= 11 is 9.17. The second-order valence-corrected chi connectivity index (χ2v) is 4.64. The number of likely N-dealkylation sites (N-methyl/N-ethyl adjacent to an activating group) is 1. The first-order chi connectivity index (χ1) is 6.93. The zero-order valence-electron chi connectivity index (χ0n) is 8.37. The molecule has 0 saturated heterocycles. The lowest BCUT2D eigenvalue weighted by Gasteiger charge is -2.20. The Balaban J connectivity index is 3.12. The van der Waals surface area contributed by atoms with Crippen LogP contribution in [0.25, 0.3) is 0 Å². The highest BCUT2D eigenvalue weighted by Crippen LogP contribution is 2.27. The van der Waals surface area contributed by atoms with Crippen LogP contribution < -0.4 is 0 Å². The van der Waals surface area contributed by atoms with Crippen LogP contribution in [0, 0.1) is 0 Å². The maximum Gasteiger partial charge on any atom is 0.325 e. The Bertz CT molecular complexity index is 382. The lowest BCUT2D eigenvalue weighted by molar-refractivity contribution is -0.142. The average Bonchev–Trinajstić information content (AvgIpc) is 2.10. The summed E-state index contributed by atoms with van der Waals surface area (Å²) in [5.74, 6) is -0.890. The van der Waals surface area contributed by atoms with Crippen molar-refractivity contribution in [3.05, 3.63) is 33.3 Å². The number of hydrogen-bond acceptors (Lipinski definition) is 2. The molecule has 0 aromatic heterocycles. The van der Waals surface area contributed by atoms with Crippen LogP contribution in [-0.2, 0) is 4.79 Å². The standard InChI is InChI=1S/C10H11BrClNO2/c1-13(2)9(10(14)15)6-3-4-7(11)8(12)5-6/h3-5,9H,1-2H3,(H,14,15). The highest BCUT2D eigenvalue weighted by molar-refractivity contribution is 9.10. The Morgan fingerprint density at radius 1 is 1.53 bits per heavy atom. The predicted octanol–water partition coefficient (Wildman–Crippen LogP) is 2.79. The third-order valence-corrected chi connectivity index (χ3v) is 3.24. The Morgan fingerprint density at radius 2 is 2.13 bits per heavy atom. The number of hydrogen-bond donors (Lipinski definition) is 1. The fraction of sp³-hybridized carbons (Fsp3) is 0.300. The molecule has 0 saturated carbocycles. The smallest absolute Gasteiger partial charge is 0.325 e. The van der Waals surface area contributed by atoms with Gasteiger partial charge >= 0.3 is 5.97 Å². The molecule has 3 nitrogen and oxygen atoms in total. The Hall–Kier alpha value is -0.580. The minimum atomic E-state index is -0.890. The molecule has 1 aromatic carbocycles. The van der Waals surface area contributed by atoms with Crippen LogP contribution in [0.15, 0.2) is 22.7 Å². The molecule has 0 heterocycles. The van der Waals surface area contributed by atoms with E-state index in [1.807, 2.05) is 0 Å². The van der Waals surface area contributed by atoms with Gasteiger partial charge in [-0.2, -0.15) is 0 Å². The van der Waals surface area contributed by atoms with Crippen molar-refractivity contribution in [3.63, 3.8) is 0 Å². The monoisotopic (exact) mass is 291 g/mol. The summed E-state index contributed by atoms with van der Waals surface area (Å²) in [7, 11) is 3.43. The average molecular weight is 293 g/mol. The van der Waals surface area contributed by atoms with E-state index in [1.54, 1.807) is 37.2 Å². The largest absolute Gasteiger partial charge is 0.480 e. The molecule has 1 unspecified atom stereocenters. The third kappa shape index (κ3) is 2.93. The number of carbonyl (C=O) groups is 1. The molecule has 0 spiro atoms. The van der Waals surface area contributed by atoms with E-state index in [4.69, 9.17) is 16.7 Å². The fourth-order valence-corrected chi connectivity index (χ4v) is 1.78. The number of rotatable bonds is 3. The van der Waals surface area contributed by atoms with Crippen molar-refractivity contribution < 1.29 is 9.90 Å². The number of benzene rings is 1. The first kappa shape index (κ1) is 12.5. The molecular weight excluding hydrogens is 281 g/mol. The van der Waals surface area contributed by atoms with Crippen LogP contribution in [-0.4, -0.2) is 30.1 Å². The maximum atomic E-state index is 11.0. The molecule has 0 fully saturated rings. The molecule has 82 valence electrons. The summed E-state index contributed by atoms with van der Waals surface area (Å²) in [6.45, 7) is 0. The number of carboxylic acid groups (broad SMARTS) is 1. The van der Waals surface area contributed by atoms with E-state index in [0.717, 1.165) is 4.47 Å². The minimum absolute atomic E-state index is 0.514. The molecule has 0 aliphatic rings. The molecule has 5 heteroatoms. The summed E-state index contributed by atoms with van der Waals surface area (Å²) in [5, 5.41) is 9.58. The zero-order valence-corrected chi connectivity index (χ0v) is 10.7. The molecule has 1 atom stereocenters. The van der Waals surface area contributed by atoms with Crippen molar-refractivity contribution in [3.8, 4) is 0 Å². The second kappa shape index (κ2) is 4.96. The minimum Gasteiger partial charge on any atom is -0.480 e. The van der Waals surface area contributed by atoms with E-state index in [2.05, 4.69) is 15.9 Å². The number of halogens is 2. The van der Waals surface area contributed by atoms with Gasteiger partial charge in [0.1, 0.15) is 6.04 Å². The van der Waals surface area contributed by atoms with Gasteiger partial charge in [-0.15, -0.1) is 0 Å². The Kier molecular flexibility index (Phi) is 4.13. The van der Waals surface area contributed by atoms with Gasteiger partial charge in [0, 0.05) is 4.47 Å². The Labute approximate surface area is 102 Å². The molecule has 0 aliphatic heterocycles. The number of carboxylic acids is 1. The lowest BCUT2D eigenvalue weighted by Crippen LogP contribution is -2.27. The SMILES string of the molecule is CN(C)C(C(=O)O)c1ccc(Br)c(Cl)c1.